The minimum atomic E-state index is -4.91. The highest BCUT2D eigenvalue weighted by molar-refractivity contribution is 5.59. The van der Waals surface area contributed by atoms with E-state index < -0.39 is 52.2 Å². The molecule has 2 aromatic rings. The zero-order valence-corrected chi connectivity index (χ0v) is 24.9. The van der Waals surface area contributed by atoms with Gasteiger partial charge in [0.1, 0.15) is 18.6 Å². The number of ether oxygens (including phenoxy) is 2. The van der Waals surface area contributed by atoms with Crippen LogP contribution in [0.4, 0.5) is 33.5 Å². The first-order chi connectivity index (χ1) is 21.4. The fourth-order valence-corrected chi connectivity index (χ4v) is 7.90. The number of nitrogens with one attached hydrogen (secondary N) is 1. The molecule has 4 saturated heterocycles. The number of alkyl halides is 4. The van der Waals surface area contributed by atoms with Crippen LogP contribution in [0, 0.1) is 17.7 Å². The lowest BCUT2D eigenvalue weighted by molar-refractivity contribution is -0.140. The van der Waals surface area contributed by atoms with Gasteiger partial charge in [-0.2, -0.15) is 23.1 Å². The molecule has 0 spiro atoms. The number of nitrogens with two attached hydrogens (primary N) is 1. The second-order valence-electron chi connectivity index (χ2n) is 12.9. The molecule has 1 aromatic carbocycles. The summed E-state index contributed by atoms with van der Waals surface area (Å²) in [6, 6.07) is 1.51. The van der Waals surface area contributed by atoms with Crippen molar-refractivity contribution < 1.29 is 31.4 Å². The van der Waals surface area contributed by atoms with Crippen LogP contribution in [0.3, 0.4) is 0 Å². The van der Waals surface area contributed by atoms with E-state index in [4.69, 9.17) is 20.2 Å². The Hall–Kier alpha value is -3.47. The fraction of sp³-hybridized carbons (Fsp3) is 0.562. The van der Waals surface area contributed by atoms with Gasteiger partial charge in [-0.3, -0.25) is 4.90 Å². The molecule has 6 heterocycles. The minimum Gasteiger partial charge on any atom is -0.461 e. The van der Waals surface area contributed by atoms with Crippen molar-refractivity contribution in [3.05, 3.63) is 52.0 Å². The third-order valence-corrected chi connectivity index (χ3v) is 9.72. The number of anilines is 2. The zero-order valence-electron chi connectivity index (χ0n) is 24.9. The SMILES string of the molecule is C=C1CN2C[C@H](F)C[C@@]2(COc2nc3c(c(N4CC5CCC(C4)N5)n2)CO[C@H](c2c(F)c(N)cc(C#CC)c2C(F)(F)F)C3)C1. The van der Waals surface area contributed by atoms with E-state index in [0.29, 0.717) is 56.1 Å². The van der Waals surface area contributed by atoms with Crippen LogP contribution in [0.25, 0.3) is 0 Å². The van der Waals surface area contributed by atoms with Crippen LogP contribution in [0.2, 0.25) is 0 Å². The molecule has 240 valence electrons. The number of rotatable bonds is 5. The zero-order chi connectivity index (χ0) is 31.7. The number of aromatic nitrogens is 2. The predicted molar refractivity (Wildman–Crippen MR) is 157 cm³/mol. The molecular weight excluding hydrogens is 595 g/mol. The monoisotopic (exact) mass is 630 g/mol. The van der Waals surface area contributed by atoms with Crippen molar-refractivity contribution in [1.29, 1.82) is 0 Å². The molecule has 5 aliphatic rings. The van der Waals surface area contributed by atoms with E-state index in [-0.39, 0.29) is 37.7 Å². The normalized spacial score (nSPS) is 29.4. The lowest BCUT2D eigenvalue weighted by Crippen LogP contribution is -2.52. The molecule has 5 aliphatic heterocycles. The summed E-state index contributed by atoms with van der Waals surface area (Å²) in [5, 5.41) is 3.59. The van der Waals surface area contributed by atoms with Gasteiger partial charge in [-0.15, -0.1) is 5.92 Å². The van der Waals surface area contributed by atoms with Crippen molar-refractivity contribution in [2.45, 2.75) is 81.7 Å². The molecular formula is C32H35F5N6O2. The van der Waals surface area contributed by atoms with E-state index >= 15 is 4.39 Å². The Balaban J connectivity index is 1.27. The van der Waals surface area contributed by atoms with Crippen molar-refractivity contribution in [2.24, 2.45) is 0 Å². The Morgan fingerprint density at radius 1 is 1.22 bits per heavy atom. The molecule has 0 amide bonds. The van der Waals surface area contributed by atoms with E-state index in [1.54, 1.807) is 0 Å². The van der Waals surface area contributed by atoms with Crippen LogP contribution in [-0.4, -0.2) is 71.4 Å². The first-order valence-corrected chi connectivity index (χ1v) is 15.3. The second-order valence-corrected chi connectivity index (χ2v) is 12.9. The van der Waals surface area contributed by atoms with Crippen LogP contribution in [-0.2, 0) is 23.9 Å². The number of piperazine rings is 1. The molecule has 4 fully saturated rings. The molecule has 5 atom stereocenters. The Morgan fingerprint density at radius 3 is 2.69 bits per heavy atom. The largest absolute Gasteiger partial charge is 0.461 e. The summed E-state index contributed by atoms with van der Waals surface area (Å²) in [4.78, 5) is 13.6. The molecule has 1 aromatic heterocycles. The number of nitrogen functional groups attached to an aromatic ring is 1. The maximum absolute atomic E-state index is 15.5. The molecule has 2 bridgehead atoms. The van der Waals surface area contributed by atoms with Crippen molar-refractivity contribution in [3.63, 3.8) is 0 Å². The van der Waals surface area contributed by atoms with E-state index in [1.165, 1.54) is 6.92 Å². The molecule has 0 saturated carbocycles. The number of halogens is 5. The molecule has 0 radical (unpaired) electrons. The average Bonchev–Trinajstić information content (AvgIpc) is 3.58. The third kappa shape index (κ3) is 5.40. The minimum absolute atomic E-state index is 0.0473. The van der Waals surface area contributed by atoms with Crippen LogP contribution in [0.1, 0.15) is 66.7 Å². The van der Waals surface area contributed by atoms with Crippen LogP contribution in [0.15, 0.2) is 18.2 Å². The van der Waals surface area contributed by atoms with Crippen molar-refractivity contribution >= 4 is 11.5 Å². The Labute approximate surface area is 258 Å². The van der Waals surface area contributed by atoms with E-state index in [1.807, 2.05) is 0 Å². The van der Waals surface area contributed by atoms with Gasteiger partial charge in [-0.25, -0.2) is 8.78 Å². The number of fused-ring (bicyclic) bond motifs is 4. The van der Waals surface area contributed by atoms with Gasteiger partial charge in [-0.05, 0) is 32.3 Å². The predicted octanol–water partition coefficient (Wildman–Crippen LogP) is 4.46. The third-order valence-electron chi connectivity index (χ3n) is 9.72. The standard InChI is InChI=1S/C32H35F5N6O2/c1-3-4-18-7-23(38)28(34)26(27(18)32(35,36)37)25-8-24-22(15-44-25)29(42-13-20-5-6-21(14-42)39-20)41-30(40-24)45-16-31-9-17(2)11-43(31)12-19(33)10-31/h7,19-21,25,39H,2,5-6,8-16,38H2,1H3/t19-,20?,21?,25+,31-/m1/s1. The summed E-state index contributed by atoms with van der Waals surface area (Å²) in [6.45, 7) is 7.78. The summed E-state index contributed by atoms with van der Waals surface area (Å²) in [7, 11) is 0. The molecule has 45 heavy (non-hydrogen) atoms. The van der Waals surface area contributed by atoms with Gasteiger partial charge >= 0.3 is 12.2 Å². The smallest absolute Gasteiger partial charge is 0.418 e. The van der Waals surface area contributed by atoms with E-state index in [2.05, 4.69) is 38.5 Å². The Kier molecular flexibility index (Phi) is 7.45. The van der Waals surface area contributed by atoms with Gasteiger partial charge in [0.25, 0.3) is 0 Å². The van der Waals surface area contributed by atoms with Gasteiger partial charge in [0, 0.05) is 67.8 Å². The van der Waals surface area contributed by atoms with Gasteiger partial charge in [-0.1, -0.05) is 18.1 Å². The van der Waals surface area contributed by atoms with Crippen molar-refractivity contribution in [1.82, 2.24) is 20.2 Å². The fourth-order valence-electron chi connectivity index (χ4n) is 7.90. The summed E-state index contributed by atoms with van der Waals surface area (Å²) < 4.78 is 85.5. The first kappa shape index (κ1) is 30.2. The summed E-state index contributed by atoms with van der Waals surface area (Å²) in [6.07, 6.45) is -4.43. The van der Waals surface area contributed by atoms with Gasteiger partial charge in [0.05, 0.1) is 35.2 Å². The van der Waals surface area contributed by atoms with E-state index in [9.17, 15) is 17.6 Å². The molecule has 8 nitrogen and oxygen atoms in total. The van der Waals surface area contributed by atoms with Gasteiger partial charge in [0.2, 0.25) is 0 Å². The number of hydrogen-bond acceptors (Lipinski definition) is 8. The van der Waals surface area contributed by atoms with Crippen LogP contribution < -0.4 is 20.7 Å². The lowest BCUT2D eigenvalue weighted by Gasteiger charge is -2.37. The maximum Gasteiger partial charge on any atom is 0.418 e. The Morgan fingerprint density at radius 2 is 1.98 bits per heavy atom. The summed E-state index contributed by atoms with van der Waals surface area (Å²) in [5.41, 5.74) is 4.58. The summed E-state index contributed by atoms with van der Waals surface area (Å²) >= 11 is 0. The Bertz CT molecular complexity index is 1590. The molecule has 2 unspecified atom stereocenters. The summed E-state index contributed by atoms with van der Waals surface area (Å²) in [5.74, 6) is 4.29. The van der Waals surface area contributed by atoms with Crippen molar-refractivity contribution in [3.8, 4) is 17.9 Å². The van der Waals surface area contributed by atoms with Gasteiger partial charge < -0.3 is 25.4 Å². The van der Waals surface area contributed by atoms with Gasteiger partial charge in [0.15, 0.2) is 5.82 Å². The highest BCUT2D eigenvalue weighted by Gasteiger charge is 2.51. The molecule has 7 rings (SSSR count). The quantitative estimate of drug-likeness (QED) is 0.217. The molecule has 3 N–H and O–H groups in total. The lowest BCUT2D eigenvalue weighted by atomic mass is 9.90. The van der Waals surface area contributed by atoms with Crippen molar-refractivity contribution in [2.75, 3.05) is 43.4 Å². The number of benzene rings is 1. The second kappa shape index (κ2) is 11.1. The topological polar surface area (TPSA) is 88.8 Å². The highest BCUT2D eigenvalue weighted by atomic mass is 19.4. The van der Waals surface area contributed by atoms with E-state index in [0.717, 1.165) is 24.5 Å². The highest BCUT2D eigenvalue weighted by Crippen LogP contribution is 2.46. The number of nitrogens with zero attached hydrogens (tertiary/aromatic N) is 4. The first-order valence-electron chi connectivity index (χ1n) is 15.3. The number of hydrogen-bond donors (Lipinski definition) is 2. The van der Waals surface area contributed by atoms with Crippen LogP contribution in [0.5, 0.6) is 6.01 Å². The maximum atomic E-state index is 15.5. The molecule has 13 heteroatoms. The van der Waals surface area contributed by atoms with Crippen LogP contribution >= 0.6 is 0 Å². The molecule has 0 aliphatic carbocycles. The average molecular weight is 631 g/mol.